The predicted octanol–water partition coefficient (Wildman–Crippen LogP) is 5.28. The fraction of sp³-hybridized carbons (Fsp3) is 0.348. The average molecular weight is 445 g/mol. The quantitative estimate of drug-likeness (QED) is 0.589. The number of para-hydroxylation sites is 1. The van der Waals surface area contributed by atoms with Crippen molar-refractivity contribution in [3.63, 3.8) is 0 Å². The van der Waals surface area contributed by atoms with Crippen molar-refractivity contribution in [2.45, 2.75) is 33.6 Å². The van der Waals surface area contributed by atoms with E-state index in [4.69, 9.17) is 0 Å². The van der Waals surface area contributed by atoms with Crippen molar-refractivity contribution >= 4 is 39.0 Å². The number of ketones is 1. The summed E-state index contributed by atoms with van der Waals surface area (Å²) in [6.45, 7) is 2.27. The van der Waals surface area contributed by atoms with Gasteiger partial charge in [-0.05, 0) is 12.5 Å². The van der Waals surface area contributed by atoms with Crippen LogP contribution in [0.4, 0.5) is 5.69 Å². The number of benzene rings is 2. The molecule has 28 heavy (non-hydrogen) atoms. The zero-order chi connectivity index (χ0) is 19.6. The number of carbonyl (C=O) groups is 2. The molecule has 1 aliphatic rings. The molecule has 0 fully saturated rings. The Balaban J connectivity index is 0.000000376. The Morgan fingerprint density at radius 2 is 1.75 bits per heavy atom. The number of alkyl halides is 1. The Morgan fingerprint density at radius 1 is 1.11 bits per heavy atom. The number of aliphatic imine (C=N–C) groups is 1. The Morgan fingerprint density at radius 3 is 2.39 bits per heavy atom. The standard InChI is InChI=1S/C16H14N2O.C6H11BrO.CH4/c1-18-14-10-6-5-9-13(14)16(17-11-15(18)19)12-7-3-2-4-8-12;1-2-3-4-6(8)5-7;/h2-10H,11H2,1H3;2-5H2,1H3;1H4. The van der Waals surface area contributed by atoms with Crippen LogP contribution >= 0.6 is 15.9 Å². The summed E-state index contributed by atoms with van der Waals surface area (Å²) >= 11 is 3.10. The highest BCUT2D eigenvalue weighted by Gasteiger charge is 2.21. The van der Waals surface area contributed by atoms with E-state index in [0.717, 1.165) is 41.8 Å². The predicted molar refractivity (Wildman–Crippen MR) is 122 cm³/mol. The molecule has 0 unspecified atom stereocenters. The van der Waals surface area contributed by atoms with Gasteiger partial charge in [0, 0.05) is 24.6 Å². The Kier molecular flexibility index (Phi) is 10.4. The maximum atomic E-state index is 12.0. The molecule has 2 aromatic carbocycles. The second kappa shape index (κ2) is 12.2. The summed E-state index contributed by atoms with van der Waals surface area (Å²) in [5.74, 6) is 0.324. The van der Waals surface area contributed by atoms with Crippen molar-refractivity contribution < 1.29 is 9.59 Å². The van der Waals surface area contributed by atoms with Crippen LogP contribution in [0.15, 0.2) is 59.6 Å². The zero-order valence-corrected chi connectivity index (χ0v) is 17.4. The topological polar surface area (TPSA) is 49.7 Å². The molecule has 3 rings (SSSR count). The van der Waals surface area contributed by atoms with E-state index in [1.165, 1.54) is 0 Å². The minimum absolute atomic E-state index is 0. The number of anilines is 1. The maximum absolute atomic E-state index is 12.0. The number of halogens is 1. The first-order chi connectivity index (χ1) is 13.1. The van der Waals surface area contributed by atoms with Gasteiger partial charge in [0.15, 0.2) is 0 Å². The van der Waals surface area contributed by atoms with Gasteiger partial charge in [0.25, 0.3) is 0 Å². The van der Waals surface area contributed by atoms with Crippen molar-refractivity contribution in [1.29, 1.82) is 0 Å². The number of likely N-dealkylation sites (N-methyl/N-ethyl adjacent to an activating group) is 1. The average Bonchev–Trinajstić information content (AvgIpc) is 2.84. The summed E-state index contributed by atoms with van der Waals surface area (Å²) < 4.78 is 0. The molecule has 1 amide bonds. The number of carbonyl (C=O) groups excluding carboxylic acids is 2. The largest absolute Gasteiger partial charge is 0.313 e. The molecule has 0 N–H and O–H groups in total. The fourth-order valence-electron chi connectivity index (χ4n) is 2.72. The van der Waals surface area contributed by atoms with Crippen LogP contribution in [0.25, 0.3) is 0 Å². The van der Waals surface area contributed by atoms with Crippen LogP contribution in [0, 0.1) is 0 Å². The van der Waals surface area contributed by atoms with Crippen LogP contribution in [-0.2, 0) is 9.59 Å². The van der Waals surface area contributed by atoms with Crippen LogP contribution in [-0.4, -0.2) is 36.3 Å². The summed E-state index contributed by atoms with van der Waals surface area (Å²) in [5.41, 5.74) is 3.83. The monoisotopic (exact) mass is 444 g/mol. The Hall–Kier alpha value is -2.27. The molecule has 0 spiro atoms. The normalized spacial score (nSPS) is 12.6. The van der Waals surface area contributed by atoms with Gasteiger partial charge in [0.05, 0.1) is 16.7 Å². The first kappa shape index (κ1) is 23.8. The van der Waals surface area contributed by atoms with E-state index in [1.807, 2.05) is 54.6 Å². The van der Waals surface area contributed by atoms with Crippen LogP contribution in [0.2, 0.25) is 0 Å². The SMILES string of the molecule is C.CCCCC(=O)CBr.CN1C(=O)CN=C(c2ccccc2)c2ccccc21. The van der Waals surface area contributed by atoms with Crippen molar-refractivity contribution in [3.8, 4) is 0 Å². The van der Waals surface area contributed by atoms with E-state index >= 15 is 0 Å². The van der Waals surface area contributed by atoms with Crippen LogP contribution < -0.4 is 4.90 Å². The molecular weight excluding hydrogens is 416 g/mol. The molecule has 0 bridgehead atoms. The van der Waals surface area contributed by atoms with Gasteiger partial charge >= 0.3 is 0 Å². The Labute approximate surface area is 176 Å². The van der Waals surface area contributed by atoms with Crippen LogP contribution in [0.5, 0.6) is 0 Å². The van der Waals surface area contributed by atoms with Gasteiger partial charge in [-0.25, -0.2) is 0 Å². The number of hydrogen-bond donors (Lipinski definition) is 0. The van der Waals surface area contributed by atoms with Gasteiger partial charge < -0.3 is 4.90 Å². The molecule has 1 heterocycles. The number of benzodiazepines with no additional fused rings is 1. The number of fused-ring (bicyclic) bond motifs is 1. The molecule has 0 aromatic heterocycles. The maximum Gasteiger partial charge on any atom is 0.248 e. The van der Waals surface area contributed by atoms with E-state index in [-0.39, 0.29) is 19.9 Å². The molecule has 1 aliphatic heterocycles. The summed E-state index contributed by atoms with van der Waals surface area (Å²) in [6, 6.07) is 17.9. The van der Waals surface area contributed by atoms with E-state index < -0.39 is 0 Å². The third-order valence-electron chi connectivity index (χ3n) is 4.27. The van der Waals surface area contributed by atoms with Gasteiger partial charge in [0.2, 0.25) is 5.91 Å². The first-order valence-electron chi connectivity index (χ1n) is 9.12. The molecule has 0 radical (unpaired) electrons. The lowest BCUT2D eigenvalue weighted by atomic mass is 10.0. The lowest BCUT2D eigenvalue weighted by Crippen LogP contribution is -2.27. The van der Waals surface area contributed by atoms with Crippen molar-refractivity contribution in [3.05, 3.63) is 65.7 Å². The van der Waals surface area contributed by atoms with Gasteiger partial charge in [0.1, 0.15) is 12.3 Å². The molecule has 4 nitrogen and oxygen atoms in total. The van der Waals surface area contributed by atoms with Crippen LogP contribution in [0.3, 0.4) is 0 Å². The van der Waals surface area contributed by atoms with Crippen molar-refractivity contribution in [2.24, 2.45) is 4.99 Å². The lowest BCUT2D eigenvalue weighted by molar-refractivity contribution is -0.117. The van der Waals surface area contributed by atoms with Crippen LogP contribution in [0.1, 0.15) is 44.7 Å². The first-order valence-corrected chi connectivity index (χ1v) is 10.2. The summed E-state index contributed by atoms with van der Waals surface area (Å²) in [4.78, 5) is 28.7. The summed E-state index contributed by atoms with van der Waals surface area (Å²) in [5, 5.41) is 0.521. The van der Waals surface area contributed by atoms with Gasteiger partial charge in [-0.15, -0.1) is 0 Å². The number of nitrogens with zero attached hydrogens (tertiary/aromatic N) is 2. The molecule has 0 saturated heterocycles. The number of amides is 1. The number of Topliss-reactive ketones (excluding diaryl/α,β-unsaturated/α-hetero) is 1. The highest BCUT2D eigenvalue weighted by molar-refractivity contribution is 9.09. The number of rotatable bonds is 5. The van der Waals surface area contributed by atoms with E-state index in [1.54, 1.807) is 11.9 Å². The third kappa shape index (κ3) is 6.41. The van der Waals surface area contributed by atoms with E-state index in [2.05, 4.69) is 27.8 Å². The highest BCUT2D eigenvalue weighted by atomic mass is 79.9. The minimum atomic E-state index is 0. The molecule has 5 heteroatoms. The second-order valence-electron chi connectivity index (χ2n) is 6.28. The molecule has 0 atom stereocenters. The smallest absolute Gasteiger partial charge is 0.248 e. The van der Waals surface area contributed by atoms with Crippen molar-refractivity contribution in [1.82, 2.24) is 0 Å². The zero-order valence-electron chi connectivity index (χ0n) is 15.8. The van der Waals surface area contributed by atoms with Gasteiger partial charge in [-0.2, -0.15) is 0 Å². The highest BCUT2D eigenvalue weighted by Crippen LogP contribution is 2.25. The van der Waals surface area contributed by atoms with Gasteiger partial charge in [-0.1, -0.05) is 85.2 Å². The summed E-state index contributed by atoms with van der Waals surface area (Å²) in [6.07, 6.45) is 2.88. The van der Waals surface area contributed by atoms with Crippen molar-refractivity contribution in [2.75, 3.05) is 23.8 Å². The fourth-order valence-corrected chi connectivity index (χ4v) is 3.00. The number of hydrogen-bond acceptors (Lipinski definition) is 3. The molecule has 150 valence electrons. The third-order valence-corrected chi connectivity index (χ3v) is 4.90. The minimum Gasteiger partial charge on any atom is -0.313 e. The second-order valence-corrected chi connectivity index (χ2v) is 6.84. The molecule has 0 aliphatic carbocycles. The van der Waals surface area contributed by atoms with E-state index in [0.29, 0.717) is 11.1 Å². The van der Waals surface area contributed by atoms with E-state index in [9.17, 15) is 9.59 Å². The number of unbranched alkanes of at least 4 members (excludes halogenated alkanes) is 1. The molecular formula is C23H29BrN2O2. The summed E-state index contributed by atoms with van der Waals surface area (Å²) in [7, 11) is 1.80. The molecule has 2 aromatic rings. The lowest BCUT2D eigenvalue weighted by Gasteiger charge is -2.17. The Bertz CT molecular complexity index is 803. The van der Waals surface area contributed by atoms with Gasteiger partial charge in [-0.3, -0.25) is 14.6 Å². The molecule has 0 saturated carbocycles.